The van der Waals surface area contributed by atoms with Crippen LogP contribution in [0.5, 0.6) is 11.5 Å². The number of methoxy groups -OCH3 is 1. The lowest BCUT2D eigenvalue weighted by molar-refractivity contribution is 0.0955. The molecule has 3 aromatic rings. The van der Waals surface area contributed by atoms with Gasteiger partial charge in [-0.1, -0.05) is 28.1 Å². The number of carbonyl (C=O) groups excluding carboxylic acids is 1. The maximum absolute atomic E-state index is 12.4. The minimum atomic E-state index is -0.349. The van der Waals surface area contributed by atoms with Gasteiger partial charge in [0.2, 0.25) is 0 Å². The van der Waals surface area contributed by atoms with Crippen LogP contribution in [-0.4, -0.2) is 34.1 Å². The molecule has 2 N–H and O–H groups in total. The SMILES string of the molecule is COc1cc(Br)cc(C=NNC(=O)c2cccc(Cn3nc(C)cc3C)c2)c1O. The molecule has 0 fully saturated rings. The van der Waals surface area contributed by atoms with E-state index in [4.69, 9.17) is 4.74 Å². The highest BCUT2D eigenvalue weighted by molar-refractivity contribution is 9.10. The van der Waals surface area contributed by atoms with Crippen LogP contribution < -0.4 is 10.2 Å². The number of aromatic nitrogens is 2. The number of carbonyl (C=O) groups is 1. The zero-order valence-corrected chi connectivity index (χ0v) is 17.9. The quantitative estimate of drug-likeness (QED) is 0.436. The number of nitrogens with zero attached hydrogens (tertiary/aromatic N) is 3. The summed E-state index contributed by atoms with van der Waals surface area (Å²) in [5, 5.41) is 18.5. The summed E-state index contributed by atoms with van der Waals surface area (Å²) in [6.07, 6.45) is 1.36. The van der Waals surface area contributed by atoms with Crippen molar-refractivity contribution in [1.29, 1.82) is 0 Å². The molecule has 0 radical (unpaired) electrons. The van der Waals surface area contributed by atoms with Crippen LogP contribution in [0.3, 0.4) is 0 Å². The minimum Gasteiger partial charge on any atom is -0.504 e. The van der Waals surface area contributed by atoms with Gasteiger partial charge in [-0.3, -0.25) is 9.48 Å². The van der Waals surface area contributed by atoms with E-state index in [1.165, 1.54) is 13.3 Å². The normalized spacial score (nSPS) is 11.0. The Morgan fingerprint density at radius 2 is 2.10 bits per heavy atom. The van der Waals surface area contributed by atoms with E-state index in [2.05, 4.69) is 31.6 Å². The Morgan fingerprint density at radius 3 is 2.79 bits per heavy atom. The van der Waals surface area contributed by atoms with Crippen molar-refractivity contribution in [2.75, 3.05) is 7.11 Å². The zero-order chi connectivity index (χ0) is 21.0. The van der Waals surface area contributed by atoms with Crippen LogP contribution in [0, 0.1) is 13.8 Å². The van der Waals surface area contributed by atoms with Crippen LogP contribution in [0.4, 0.5) is 0 Å². The highest BCUT2D eigenvalue weighted by Crippen LogP contribution is 2.32. The number of ether oxygens (including phenoxy) is 1. The van der Waals surface area contributed by atoms with Gasteiger partial charge in [-0.05, 0) is 49.7 Å². The number of amides is 1. The monoisotopic (exact) mass is 456 g/mol. The average Bonchev–Trinajstić information content (AvgIpc) is 3.01. The molecular weight excluding hydrogens is 436 g/mol. The third-order valence-corrected chi connectivity index (χ3v) is 4.74. The Morgan fingerprint density at radius 1 is 1.31 bits per heavy atom. The lowest BCUT2D eigenvalue weighted by Crippen LogP contribution is -2.18. The van der Waals surface area contributed by atoms with Crippen LogP contribution in [0.25, 0.3) is 0 Å². The molecule has 8 heteroatoms. The summed E-state index contributed by atoms with van der Waals surface area (Å²) in [5.41, 5.74) is 6.35. The Kier molecular flexibility index (Phi) is 6.33. The predicted octanol–water partition coefficient (Wildman–Crippen LogP) is 3.79. The summed E-state index contributed by atoms with van der Waals surface area (Å²) < 4.78 is 7.71. The van der Waals surface area contributed by atoms with E-state index in [1.807, 2.05) is 36.7 Å². The van der Waals surface area contributed by atoms with Gasteiger partial charge in [0, 0.05) is 21.3 Å². The molecule has 0 aliphatic rings. The molecule has 7 nitrogen and oxygen atoms in total. The number of phenolic OH excluding ortho intramolecular Hbond substituents is 1. The molecule has 0 saturated heterocycles. The largest absolute Gasteiger partial charge is 0.504 e. The summed E-state index contributed by atoms with van der Waals surface area (Å²) in [5.74, 6) is -0.0949. The molecule has 150 valence electrons. The van der Waals surface area contributed by atoms with Crippen molar-refractivity contribution in [3.8, 4) is 11.5 Å². The second-order valence-electron chi connectivity index (χ2n) is 6.53. The van der Waals surface area contributed by atoms with Crippen LogP contribution in [-0.2, 0) is 6.54 Å². The van der Waals surface area contributed by atoms with Gasteiger partial charge in [0.25, 0.3) is 5.91 Å². The first-order chi connectivity index (χ1) is 13.9. The van der Waals surface area contributed by atoms with E-state index in [-0.39, 0.29) is 11.7 Å². The first-order valence-electron chi connectivity index (χ1n) is 8.87. The number of halogens is 1. The smallest absolute Gasteiger partial charge is 0.271 e. The van der Waals surface area contributed by atoms with Gasteiger partial charge < -0.3 is 9.84 Å². The number of hydrogen-bond donors (Lipinski definition) is 2. The van der Waals surface area contributed by atoms with Crippen LogP contribution in [0.1, 0.15) is 32.9 Å². The van der Waals surface area contributed by atoms with Crippen molar-refractivity contribution in [3.63, 3.8) is 0 Å². The number of phenols is 1. The fourth-order valence-electron chi connectivity index (χ4n) is 2.89. The van der Waals surface area contributed by atoms with Crippen molar-refractivity contribution in [3.05, 3.63) is 75.0 Å². The Balaban J connectivity index is 1.71. The molecule has 1 amide bonds. The van der Waals surface area contributed by atoms with Gasteiger partial charge in [-0.25, -0.2) is 5.43 Å². The van der Waals surface area contributed by atoms with Crippen LogP contribution >= 0.6 is 15.9 Å². The van der Waals surface area contributed by atoms with Gasteiger partial charge in [-0.15, -0.1) is 0 Å². The van der Waals surface area contributed by atoms with E-state index < -0.39 is 0 Å². The van der Waals surface area contributed by atoms with Crippen molar-refractivity contribution in [2.45, 2.75) is 20.4 Å². The maximum atomic E-state index is 12.4. The van der Waals surface area contributed by atoms with Crippen molar-refractivity contribution >= 4 is 28.1 Å². The minimum absolute atomic E-state index is 0.0550. The fourth-order valence-corrected chi connectivity index (χ4v) is 3.35. The maximum Gasteiger partial charge on any atom is 0.271 e. The second kappa shape index (κ2) is 8.91. The standard InChI is InChI=1S/C21H21BrN4O3/c1-13-7-14(2)26(25-13)12-15-5-4-6-16(8-15)21(28)24-23-11-17-9-18(22)10-19(29-3)20(17)27/h4-11,27H,12H2,1-3H3,(H,24,28). The third kappa shape index (κ3) is 5.03. The summed E-state index contributed by atoms with van der Waals surface area (Å²) in [6.45, 7) is 4.53. The topological polar surface area (TPSA) is 88.7 Å². The van der Waals surface area contributed by atoms with Crippen LogP contribution in [0.15, 0.2) is 52.0 Å². The molecule has 0 bridgehead atoms. The lowest BCUT2D eigenvalue weighted by atomic mass is 10.1. The zero-order valence-electron chi connectivity index (χ0n) is 16.3. The molecule has 0 spiro atoms. The third-order valence-electron chi connectivity index (χ3n) is 4.28. The van der Waals surface area contributed by atoms with E-state index in [9.17, 15) is 9.90 Å². The van der Waals surface area contributed by atoms with Gasteiger partial charge in [0.05, 0.1) is 25.6 Å². The average molecular weight is 457 g/mol. The molecule has 29 heavy (non-hydrogen) atoms. The molecule has 0 aliphatic heterocycles. The summed E-state index contributed by atoms with van der Waals surface area (Å²) in [7, 11) is 1.46. The first-order valence-corrected chi connectivity index (χ1v) is 9.66. The van der Waals surface area contributed by atoms with E-state index in [0.717, 1.165) is 21.4 Å². The summed E-state index contributed by atoms with van der Waals surface area (Å²) in [4.78, 5) is 12.4. The summed E-state index contributed by atoms with van der Waals surface area (Å²) >= 11 is 3.34. The molecule has 0 saturated carbocycles. The van der Waals surface area contributed by atoms with Gasteiger partial charge in [0.15, 0.2) is 11.5 Å². The number of aromatic hydroxyl groups is 1. The highest BCUT2D eigenvalue weighted by Gasteiger charge is 2.10. The number of rotatable bonds is 6. The molecule has 1 aromatic heterocycles. The highest BCUT2D eigenvalue weighted by atomic mass is 79.9. The molecule has 0 aliphatic carbocycles. The fraction of sp³-hybridized carbons (Fsp3) is 0.190. The van der Waals surface area contributed by atoms with Gasteiger partial charge in [0.1, 0.15) is 0 Å². The van der Waals surface area contributed by atoms with E-state index in [0.29, 0.717) is 23.4 Å². The molecule has 0 atom stereocenters. The molecule has 3 rings (SSSR count). The Hall–Kier alpha value is -3.13. The number of benzene rings is 2. The molecule has 0 unspecified atom stereocenters. The van der Waals surface area contributed by atoms with Crippen molar-refractivity contribution < 1.29 is 14.6 Å². The molecule has 2 aromatic carbocycles. The van der Waals surface area contributed by atoms with E-state index >= 15 is 0 Å². The number of aryl methyl sites for hydroxylation is 2. The van der Waals surface area contributed by atoms with Crippen molar-refractivity contribution in [1.82, 2.24) is 15.2 Å². The second-order valence-corrected chi connectivity index (χ2v) is 7.45. The van der Waals surface area contributed by atoms with Gasteiger partial charge >= 0.3 is 0 Å². The Bertz CT molecular complexity index is 1080. The summed E-state index contributed by atoms with van der Waals surface area (Å²) in [6, 6.07) is 12.6. The van der Waals surface area contributed by atoms with Crippen molar-refractivity contribution in [2.24, 2.45) is 5.10 Å². The van der Waals surface area contributed by atoms with E-state index in [1.54, 1.807) is 24.3 Å². The lowest BCUT2D eigenvalue weighted by Gasteiger charge is -2.07. The number of nitrogens with one attached hydrogen (secondary N) is 1. The molecule has 1 heterocycles. The van der Waals surface area contributed by atoms with Gasteiger partial charge in [-0.2, -0.15) is 10.2 Å². The number of hydrazone groups is 1. The number of hydrogen-bond acceptors (Lipinski definition) is 5. The molecular formula is C21H21BrN4O3. The Labute approximate surface area is 177 Å². The van der Waals surface area contributed by atoms with Crippen LogP contribution in [0.2, 0.25) is 0 Å². The predicted molar refractivity (Wildman–Crippen MR) is 115 cm³/mol. The first kappa shape index (κ1) is 20.6.